The van der Waals surface area contributed by atoms with Gasteiger partial charge in [-0.25, -0.2) is 0 Å². The summed E-state index contributed by atoms with van der Waals surface area (Å²) in [6.07, 6.45) is 0.845. The highest BCUT2D eigenvalue weighted by Gasteiger charge is 2.14. The van der Waals surface area contributed by atoms with Crippen molar-refractivity contribution in [3.05, 3.63) is 64.7 Å². The predicted octanol–water partition coefficient (Wildman–Crippen LogP) is 5.07. The highest BCUT2D eigenvalue weighted by Crippen LogP contribution is 2.20. The van der Waals surface area contributed by atoms with E-state index in [0.717, 1.165) is 17.7 Å². The molecule has 0 saturated carbocycles. The van der Waals surface area contributed by atoms with Crippen LogP contribution in [0.3, 0.4) is 0 Å². The van der Waals surface area contributed by atoms with Crippen molar-refractivity contribution in [2.45, 2.75) is 53.0 Å². The van der Waals surface area contributed by atoms with Gasteiger partial charge < -0.3 is 10.1 Å². The van der Waals surface area contributed by atoms with Crippen molar-refractivity contribution in [2.75, 3.05) is 6.61 Å². The molecule has 134 valence electrons. The van der Waals surface area contributed by atoms with Gasteiger partial charge in [0.2, 0.25) is 0 Å². The molecule has 2 aromatic rings. The molecule has 3 heteroatoms. The van der Waals surface area contributed by atoms with Gasteiger partial charge in [0.1, 0.15) is 5.75 Å². The van der Waals surface area contributed by atoms with Crippen LogP contribution in [-0.2, 0) is 4.79 Å². The Morgan fingerprint density at radius 1 is 1.00 bits per heavy atom. The zero-order valence-corrected chi connectivity index (χ0v) is 15.9. The molecule has 25 heavy (non-hydrogen) atoms. The third-order valence-corrected chi connectivity index (χ3v) is 4.59. The molecule has 0 heterocycles. The Kier molecular flexibility index (Phi) is 6.63. The molecule has 0 aromatic heterocycles. The maximum absolute atomic E-state index is 12.2. The standard InChI is InChI=1S/C22H29NO2/c1-6-21(19-8-7-16(4)17(5)13-19)23-22(24)14-25-20-11-9-18(10-12-20)15(2)3/h7-13,15,21H,6,14H2,1-5H3,(H,23,24)/t21-/m1/s1. The number of aryl methyl sites for hydroxylation is 2. The first kappa shape index (κ1) is 19.0. The highest BCUT2D eigenvalue weighted by molar-refractivity contribution is 5.78. The second-order valence-electron chi connectivity index (χ2n) is 6.88. The minimum atomic E-state index is -0.0991. The van der Waals surface area contributed by atoms with Gasteiger partial charge in [-0.1, -0.05) is 51.1 Å². The van der Waals surface area contributed by atoms with Gasteiger partial charge in [-0.2, -0.15) is 0 Å². The van der Waals surface area contributed by atoms with Crippen LogP contribution in [0.15, 0.2) is 42.5 Å². The maximum atomic E-state index is 12.2. The lowest BCUT2D eigenvalue weighted by atomic mass is 9.99. The fourth-order valence-corrected chi connectivity index (χ4v) is 2.74. The number of nitrogens with one attached hydrogen (secondary N) is 1. The van der Waals surface area contributed by atoms with Crippen molar-refractivity contribution in [1.82, 2.24) is 5.32 Å². The second-order valence-corrected chi connectivity index (χ2v) is 6.88. The monoisotopic (exact) mass is 339 g/mol. The smallest absolute Gasteiger partial charge is 0.258 e. The van der Waals surface area contributed by atoms with Crippen LogP contribution in [0.5, 0.6) is 5.75 Å². The van der Waals surface area contributed by atoms with Crippen molar-refractivity contribution in [1.29, 1.82) is 0 Å². The number of carbonyl (C=O) groups is 1. The van der Waals surface area contributed by atoms with Crippen LogP contribution >= 0.6 is 0 Å². The Morgan fingerprint density at radius 3 is 2.20 bits per heavy atom. The summed E-state index contributed by atoms with van der Waals surface area (Å²) in [6.45, 7) is 10.6. The topological polar surface area (TPSA) is 38.3 Å². The molecule has 1 N–H and O–H groups in total. The quantitative estimate of drug-likeness (QED) is 0.764. The number of carbonyl (C=O) groups excluding carboxylic acids is 1. The van der Waals surface area contributed by atoms with Crippen LogP contribution in [0.1, 0.15) is 61.4 Å². The molecular formula is C22H29NO2. The largest absolute Gasteiger partial charge is 0.484 e. The molecule has 1 atom stereocenters. The van der Waals surface area contributed by atoms with E-state index in [1.807, 2.05) is 24.3 Å². The van der Waals surface area contributed by atoms with Gasteiger partial charge in [-0.05, 0) is 60.6 Å². The van der Waals surface area contributed by atoms with E-state index in [9.17, 15) is 4.79 Å². The van der Waals surface area contributed by atoms with Gasteiger partial charge in [-0.15, -0.1) is 0 Å². The number of rotatable bonds is 7. The highest BCUT2D eigenvalue weighted by atomic mass is 16.5. The van der Waals surface area contributed by atoms with Crippen molar-refractivity contribution in [3.63, 3.8) is 0 Å². The summed E-state index contributed by atoms with van der Waals surface area (Å²) in [5, 5.41) is 3.07. The van der Waals surface area contributed by atoms with Crippen molar-refractivity contribution >= 4 is 5.91 Å². The van der Waals surface area contributed by atoms with Crippen LogP contribution in [0.2, 0.25) is 0 Å². The number of ether oxygens (including phenoxy) is 1. The molecule has 3 nitrogen and oxygen atoms in total. The molecule has 0 fully saturated rings. The van der Waals surface area contributed by atoms with E-state index in [0.29, 0.717) is 5.92 Å². The van der Waals surface area contributed by atoms with E-state index in [-0.39, 0.29) is 18.6 Å². The minimum absolute atomic E-state index is 0.0127. The first-order valence-corrected chi connectivity index (χ1v) is 9.00. The third-order valence-electron chi connectivity index (χ3n) is 4.59. The van der Waals surface area contributed by atoms with Gasteiger partial charge in [0.25, 0.3) is 5.91 Å². The van der Waals surface area contributed by atoms with E-state index >= 15 is 0 Å². The molecule has 2 aromatic carbocycles. The molecule has 0 radical (unpaired) electrons. The van der Waals surface area contributed by atoms with E-state index in [4.69, 9.17) is 4.74 Å². The van der Waals surface area contributed by atoms with Gasteiger partial charge >= 0.3 is 0 Å². The summed E-state index contributed by atoms with van der Waals surface area (Å²) in [6, 6.07) is 14.3. The molecular weight excluding hydrogens is 310 g/mol. The lowest BCUT2D eigenvalue weighted by molar-refractivity contribution is -0.123. The van der Waals surface area contributed by atoms with Gasteiger partial charge in [0, 0.05) is 0 Å². The fourth-order valence-electron chi connectivity index (χ4n) is 2.74. The van der Waals surface area contributed by atoms with E-state index in [1.54, 1.807) is 0 Å². The average Bonchev–Trinajstić information content (AvgIpc) is 2.60. The second kappa shape index (κ2) is 8.70. The molecule has 2 rings (SSSR count). The molecule has 0 unspecified atom stereocenters. The molecule has 0 aliphatic carbocycles. The van der Waals surface area contributed by atoms with Crippen LogP contribution < -0.4 is 10.1 Å². The van der Waals surface area contributed by atoms with Crippen molar-refractivity contribution < 1.29 is 9.53 Å². The van der Waals surface area contributed by atoms with Crippen molar-refractivity contribution in [3.8, 4) is 5.75 Å². The first-order valence-electron chi connectivity index (χ1n) is 9.00. The number of amides is 1. The van der Waals surface area contributed by atoms with Gasteiger partial charge in [0.15, 0.2) is 6.61 Å². The lowest BCUT2D eigenvalue weighted by Gasteiger charge is -2.19. The summed E-state index contributed by atoms with van der Waals surface area (Å²) < 4.78 is 5.61. The average molecular weight is 339 g/mol. The van der Waals surface area contributed by atoms with Gasteiger partial charge in [0.05, 0.1) is 6.04 Å². The Morgan fingerprint density at radius 2 is 1.64 bits per heavy atom. The zero-order chi connectivity index (χ0) is 18.4. The van der Waals surface area contributed by atoms with Crippen LogP contribution in [-0.4, -0.2) is 12.5 Å². The van der Waals surface area contributed by atoms with Crippen LogP contribution in [0, 0.1) is 13.8 Å². The summed E-state index contributed by atoms with van der Waals surface area (Å²) in [4.78, 5) is 12.2. The summed E-state index contributed by atoms with van der Waals surface area (Å²) in [7, 11) is 0. The number of hydrogen-bond acceptors (Lipinski definition) is 2. The van der Waals surface area contributed by atoms with Crippen molar-refractivity contribution in [2.24, 2.45) is 0 Å². The normalized spacial score (nSPS) is 12.1. The van der Waals surface area contributed by atoms with Crippen LogP contribution in [0.4, 0.5) is 0 Å². The third kappa shape index (κ3) is 5.35. The Balaban J connectivity index is 1.92. The number of benzene rings is 2. The lowest BCUT2D eigenvalue weighted by Crippen LogP contribution is -2.32. The summed E-state index contributed by atoms with van der Waals surface area (Å²) >= 11 is 0. The van der Waals surface area contributed by atoms with Crippen LogP contribution in [0.25, 0.3) is 0 Å². The first-order chi connectivity index (χ1) is 11.9. The van der Waals surface area contributed by atoms with Gasteiger partial charge in [-0.3, -0.25) is 4.79 Å². The Labute approximate surface area is 151 Å². The molecule has 0 aliphatic heterocycles. The molecule has 0 bridgehead atoms. The molecule has 1 amide bonds. The summed E-state index contributed by atoms with van der Waals surface area (Å²) in [5.74, 6) is 1.11. The zero-order valence-electron chi connectivity index (χ0n) is 15.9. The SMILES string of the molecule is CC[C@@H](NC(=O)COc1ccc(C(C)C)cc1)c1ccc(C)c(C)c1. The maximum Gasteiger partial charge on any atom is 0.258 e. The van der Waals surface area contributed by atoms with E-state index in [1.165, 1.54) is 16.7 Å². The van der Waals surface area contributed by atoms with E-state index in [2.05, 4.69) is 58.1 Å². The minimum Gasteiger partial charge on any atom is -0.484 e. The fraction of sp³-hybridized carbons (Fsp3) is 0.409. The number of hydrogen-bond donors (Lipinski definition) is 1. The molecule has 0 saturated heterocycles. The van der Waals surface area contributed by atoms with E-state index < -0.39 is 0 Å². The molecule has 0 aliphatic rings. The Bertz CT molecular complexity index is 704. The molecule has 0 spiro atoms. The predicted molar refractivity (Wildman–Crippen MR) is 103 cm³/mol. The summed E-state index contributed by atoms with van der Waals surface area (Å²) in [5.41, 5.74) is 4.91. The Hall–Kier alpha value is -2.29.